The summed E-state index contributed by atoms with van der Waals surface area (Å²) >= 11 is 0. The van der Waals surface area contributed by atoms with Crippen LogP contribution >= 0.6 is 0 Å². The minimum Gasteiger partial charge on any atom is -0.481 e. The summed E-state index contributed by atoms with van der Waals surface area (Å²) in [7, 11) is 0. The third-order valence-corrected chi connectivity index (χ3v) is 5.17. The highest BCUT2D eigenvalue weighted by atomic mass is 16.4. The van der Waals surface area contributed by atoms with Gasteiger partial charge in [0.2, 0.25) is 0 Å². The number of hydrogen-bond acceptors (Lipinski definition) is 5. The number of piperidine rings is 1. The van der Waals surface area contributed by atoms with Crippen molar-refractivity contribution in [3.05, 3.63) is 11.5 Å². The number of imidazole rings is 1. The molecule has 0 spiro atoms. The lowest BCUT2D eigenvalue weighted by Crippen LogP contribution is -2.41. The highest BCUT2D eigenvalue weighted by Gasteiger charge is 2.35. The first-order chi connectivity index (χ1) is 11.2. The van der Waals surface area contributed by atoms with Crippen molar-refractivity contribution in [2.75, 3.05) is 18.4 Å². The van der Waals surface area contributed by atoms with Gasteiger partial charge in [0, 0.05) is 26.1 Å². The second kappa shape index (κ2) is 5.96. The Bertz CT molecular complexity index is 639. The first-order valence-electron chi connectivity index (χ1n) is 8.58. The number of aryl methyl sites for hydroxylation is 1. The molecule has 1 aromatic rings. The number of nitrogens with zero attached hydrogens (tertiary/aromatic N) is 4. The van der Waals surface area contributed by atoms with Gasteiger partial charge in [-0.05, 0) is 25.7 Å². The molecule has 4 heterocycles. The molecule has 7 nitrogen and oxygen atoms in total. The number of anilines is 1. The zero-order valence-corrected chi connectivity index (χ0v) is 13.2. The summed E-state index contributed by atoms with van der Waals surface area (Å²) in [5, 5.41) is 12.6. The van der Waals surface area contributed by atoms with Crippen molar-refractivity contribution in [1.29, 1.82) is 0 Å². The topological polar surface area (TPSA) is 82.8 Å². The zero-order chi connectivity index (χ0) is 15.8. The molecule has 2 N–H and O–H groups in total. The van der Waals surface area contributed by atoms with Gasteiger partial charge >= 0.3 is 5.97 Å². The van der Waals surface area contributed by atoms with Gasteiger partial charge in [0.25, 0.3) is 0 Å². The van der Waals surface area contributed by atoms with Crippen molar-refractivity contribution in [2.45, 2.75) is 51.2 Å². The van der Waals surface area contributed by atoms with Crippen molar-refractivity contribution < 1.29 is 9.90 Å². The number of carboxylic acid groups (broad SMARTS) is 1. The number of hydrogen-bond donors (Lipinski definition) is 2. The Labute approximate surface area is 135 Å². The number of likely N-dealkylation sites (tertiary alicyclic amines) is 1. The molecular weight excluding hydrogens is 294 g/mol. The SMILES string of the molecule is O=C(O)[C@H]1CCCN([C@@H]2N=CNc3c2nc2n3CCCCC2)C1. The highest BCUT2D eigenvalue weighted by Crippen LogP contribution is 2.35. The van der Waals surface area contributed by atoms with Crippen LogP contribution in [0, 0.1) is 5.92 Å². The molecule has 3 aliphatic heterocycles. The van der Waals surface area contributed by atoms with E-state index in [0.29, 0.717) is 6.54 Å². The van der Waals surface area contributed by atoms with E-state index >= 15 is 0 Å². The fraction of sp³-hybridized carbons (Fsp3) is 0.688. The molecule has 0 aromatic carbocycles. The van der Waals surface area contributed by atoms with Crippen LogP contribution in [0.4, 0.5) is 5.82 Å². The average Bonchev–Trinajstić information content (AvgIpc) is 2.76. The van der Waals surface area contributed by atoms with Crippen LogP contribution in [-0.4, -0.2) is 45.0 Å². The molecule has 23 heavy (non-hydrogen) atoms. The summed E-state index contributed by atoms with van der Waals surface area (Å²) in [6, 6.07) is 0. The molecule has 1 saturated heterocycles. The second-order valence-electron chi connectivity index (χ2n) is 6.69. The molecule has 0 bridgehead atoms. The van der Waals surface area contributed by atoms with E-state index < -0.39 is 5.97 Å². The van der Waals surface area contributed by atoms with Gasteiger partial charge in [0.1, 0.15) is 17.3 Å². The smallest absolute Gasteiger partial charge is 0.307 e. The molecule has 124 valence electrons. The summed E-state index contributed by atoms with van der Waals surface area (Å²) in [6.45, 7) is 2.44. The van der Waals surface area contributed by atoms with Crippen LogP contribution in [0.2, 0.25) is 0 Å². The molecule has 0 aliphatic carbocycles. The molecule has 7 heteroatoms. The van der Waals surface area contributed by atoms with Crippen LogP contribution in [-0.2, 0) is 17.8 Å². The lowest BCUT2D eigenvalue weighted by atomic mass is 9.97. The largest absolute Gasteiger partial charge is 0.481 e. The van der Waals surface area contributed by atoms with Gasteiger partial charge in [-0.1, -0.05) is 6.42 Å². The van der Waals surface area contributed by atoms with E-state index in [-0.39, 0.29) is 12.1 Å². The van der Waals surface area contributed by atoms with Crippen LogP contribution in [0.5, 0.6) is 0 Å². The van der Waals surface area contributed by atoms with E-state index in [4.69, 9.17) is 4.98 Å². The summed E-state index contributed by atoms with van der Waals surface area (Å²) in [4.78, 5) is 23.0. The van der Waals surface area contributed by atoms with E-state index in [1.54, 1.807) is 6.34 Å². The number of carboxylic acids is 1. The van der Waals surface area contributed by atoms with Gasteiger partial charge in [-0.15, -0.1) is 0 Å². The summed E-state index contributed by atoms with van der Waals surface area (Å²) in [6.07, 6.45) is 7.90. The Morgan fingerprint density at radius 3 is 3.04 bits per heavy atom. The van der Waals surface area contributed by atoms with Gasteiger partial charge in [-0.2, -0.15) is 0 Å². The number of nitrogens with one attached hydrogen (secondary N) is 1. The maximum Gasteiger partial charge on any atom is 0.307 e. The summed E-state index contributed by atoms with van der Waals surface area (Å²) in [5.41, 5.74) is 0.968. The van der Waals surface area contributed by atoms with E-state index in [1.165, 1.54) is 19.3 Å². The Balaban J connectivity index is 1.63. The lowest BCUT2D eigenvalue weighted by molar-refractivity contribution is -0.143. The molecule has 4 rings (SSSR count). The fourth-order valence-electron chi connectivity index (χ4n) is 3.95. The van der Waals surface area contributed by atoms with Crippen molar-refractivity contribution in [2.24, 2.45) is 10.9 Å². The predicted octanol–water partition coefficient (Wildman–Crippen LogP) is 1.86. The molecular formula is C16H23N5O2. The van der Waals surface area contributed by atoms with Crippen molar-refractivity contribution in [1.82, 2.24) is 14.5 Å². The number of carbonyl (C=O) groups is 1. The maximum absolute atomic E-state index is 11.3. The third kappa shape index (κ3) is 2.63. The lowest BCUT2D eigenvalue weighted by Gasteiger charge is -2.35. The number of rotatable bonds is 2. The first kappa shape index (κ1) is 14.7. The van der Waals surface area contributed by atoms with Gasteiger partial charge in [0.05, 0.1) is 12.3 Å². The Morgan fingerprint density at radius 2 is 2.17 bits per heavy atom. The monoisotopic (exact) mass is 317 g/mol. The Hall–Kier alpha value is -1.89. The van der Waals surface area contributed by atoms with Crippen molar-refractivity contribution in [3.63, 3.8) is 0 Å². The van der Waals surface area contributed by atoms with E-state index in [9.17, 15) is 9.90 Å². The van der Waals surface area contributed by atoms with E-state index in [1.807, 2.05) is 0 Å². The highest BCUT2D eigenvalue weighted by molar-refractivity contribution is 5.78. The van der Waals surface area contributed by atoms with Gasteiger partial charge in [-0.3, -0.25) is 9.69 Å². The number of aromatic nitrogens is 2. The molecule has 2 atom stereocenters. The quantitative estimate of drug-likeness (QED) is 0.870. The molecule has 3 aliphatic rings. The second-order valence-corrected chi connectivity index (χ2v) is 6.69. The summed E-state index contributed by atoms with van der Waals surface area (Å²) in [5.74, 6) is 1.20. The average molecular weight is 317 g/mol. The van der Waals surface area contributed by atoms with Gasteiger partial charge < -0.3 is 15.0 Å². The normalized spacial score (nSPS) is 27.7. The van der Waals surface area contributed by atoms with Crippen LogP contribution in [0.15, 0.2) is 4.99 Å². The molecule has 1 aromatic heterocycles. The summed E-state index contributed by atoms with van der Waals surface area (Å²) < 4.78 is 2.29. The van der Waals surface area contributed by atoms with Crippen LogP contribution in [0.1, 0.15) is 49.8 Å². The Kier molecular flexibility index (Phi) is 3.80. The fourth-order valence-corrected chi connectivity index (χ4v) is 3.95. The molecule has 0 radical (unpaired) electrons. The van der Waals surface area contributed by atoms with Gasteiger partial charge in [-0.25, -0.2) is 9.98 Å². The minimum absolute atomic E-state index is 0.146. The molecule has 1 fully saturated rings. The zero-order valence-electron chi connectivity index (χ0n) is 13.2. The third-order valence-electron chi connectivity index (χ3n) is 5.17. The van der Waals surface area contributed by atoms with Crippen LogP contribution in [0.3, 0.4) is 0 Å². The van der Waals surface area contributed by atoms with E-state index in [0.717, 1.165) is 49.7 Å². The van der Waals surface area contributed by atoms with Crippen LogP contribution < -0.4 is 5.32 Å². The Morgan fingerprint density at radius 1 is 1.26 bits per heavy atom. The first-order valence-corrected chi connectivity index (χ1v) is 8.58. The maximum atomic E-state index is 11.3. The number of fused-ring (bicyclic) bond motifs is 3. The minimum atomic E-state index is -0.701. The predicted molar refractivity (Wildman–Crippen MR) is 86.6 cm³/mol. The van der Waals surface area contributed by atoms with E-state index in [2.05, 4.69) is 19.8 Å². The molecule has 0 saturated carbocycles. The molecule has 0 unspecified atom stereocenters. The van der Waals surface area contributed by atoms with Crippen LogP contribution in [0.25, 0.3) is 0 Å². The standard InChI is InChI=1S/C16H23N5O2/c22-16(23)11-5-4-7-20(9-11)14-13-15(18-10-17-14)21-8-3-1-2-6-12(21)19-13/h10-11,14H,1-9H2,(H,17,18)(H,22,23)/t11-,14-/m0/s1. The van der Waals surface area contributed by atoms with Crippen molar-refractivity contribution in [3.8, 4) is 0 Å². The number of aliphatic imine (C=N–C) groups is 1. The van der Waals surface area contributed by atoms with Gasteiger partial charge in [0.15, 0.2) is 6.17 Å². The number of aliphatic carboxylic acids is 1. The molecule has 0 amide bonds. The van der Waals surface area contributed by atoms with Crippen molar-refractivity contribution >= 4 is 18.1 Å².